The molecule has 0 spiro atoms. The summed E-state index contributed by atoms with van der Waals surface area (Å²) < 4.78 is 27.2. The fourth-order valence-corrected chi connectivity index (χ4v) is 3.43. The van der Waals surface area contributed by atoms with Gasteiger partial charge in [-0.05, 0) is 55.4 Å². The van der Waals surface area contributed by atoms with Crippen LogP contribution in [0.2, 0.25) is 0 Å². The average Bonchev–Trinajstić information content (AvgIpc) is 2.83. The van der Waals surface area contributed by atoms with E-state index in [0.29, 0.717) is 13.0 Å². The largest absolute Gasteiger partial charge is 0.494 e. The Hall–Kier alpha value is -0.740. The second-order valence-electron chi connectivity index (χ2n) is 5.29. The lowest BCUT2D eigenvalue weighted by atomic mass is 10.1. The van der Waals surface area contributed by atoms with Crippen LogP contribution in [0.3, 0.4) is 0 Å². The van der Waals surface area contributed by atoms with E-state index < -0.39 is 9.05 Å². The minimum absolute atomic E-state index is 0.0697. The average molecular weight is 317 g/mol. The number of hydrogen-bond donors (Lipinski definition) is 0. The SMILES string of the molecule is O=S(=O)(Cl)CCCCCCOc1ccc2c(c1)CCC2. The number of aryl methyl sites for hydroxylation is 2. The lowest BCUT2D eigenvalue weighted by Gasteiger charge is -2.08. The first kappa shape index (κ1) is 15.6. The van der Waals surface area contributed by atoms with Gasteiger partial charge in [0.05, 0.1) is 12.4 Å². The maximum Gasteiger partial charge on any atom is 0.232 e. The highest BCUT2D eigenvalue weighted by Gasteiger charge is 2.11. The zero-order valence-electron chi connectivity index (χ0n) is 11.6. The maximum atomic E-state index is 10.7. The summed E-state index contributed by atoms with van der Waals surface area (Å²) in [5, 5.41) is 0. The van der Waals surface area contributed by atoms with Crippen molar-refractivity contribution in [1.82, 2.24) is 0 Å². The lowest BCUT2D eigenvalue weighted by molar-refractivity contribution is 0.305. The molecule has 20 heavy (non-hydrogen) atoms. The van der Waals surface area contributed by atoms with Gasteiger partial charge in [-0.15, -0.1) is 0 Å². The van der Waals surface area contributed by atoms with E-state index in [1.54, 1.807) is 0 Å². The normalized spacial score (nSPS) is 14.2. The molecule has 2 rings (SSSR count). The van der Waals surface area contributed by atoms with E-state index in [2.05, 4.69) is 12.1 Å². The van der Waals surface area contributed by atoms with Gasteiger partial charge >= 0.3 is 0 Å². The Kier molecular flexibility index (Phi) is 5.73. The van der Waals surface area contributed by atoms with Crippen molar-refractivity contribution in [2.75, 3.05) is 12.4 Å². The molecule has 0 radical (unpaired) electrons. The summed E-state index contributed by atoms with van der Waals surface area (Å²) in [7, 11) is 1.82. The lowest BCUT2D eigenvalue weighted by Crippen LogP contribution is -2.00. The number of unbranched alkanes of at least 4 members (excludes halogenated alkanes) is 3. The monoisotopic (exact) mass is 316 g/mol. The minimum atomic E-state index is -3.32. The number of halogens is 1. The number of benzene rings is 1. The van der Waals surface area contributed by atoms with Crippen LogP contribution in [-0.2, 0) is 21.9 Å². The third kappa shape index (κ3) is 5.33. The molecule has 0 N–H and O–H groups in total. The summed E-state index contributed by atoms with van der Waals surface area (Å²) in [6.45, 7) is 0.687. The molecule has 1 aromatic rings. The third-order valence-corrected chi connectivity index (χ3v) is 4.86. The van der Waals surface area contributed by atoms with Crippen molar-refractivity contribution >= 4 is 19.7 Å². The van der Waals surface area contributed by atoms with Crippen LogP contribution in [0.1, 0.15) is 43.2 Å². The minimum Gasteiger partial charge on any atom is -0.494 e. The number of ether oxygens (including phenoxy) is 1. The predicted molar refractivity (Wildman–Crippen MR) is 82.1 cm³/mol. The predicted octanol–water partition coefficient (Wildman–Crippen LogP) is 3.68. The van der Waals surface area contributed by atoms with Crippen LogP contribution < -0.4 is 4.74 Å². The Labute approximate surface area is 125 Å². The third-order valence-electron chi connectivity index (χ3n) is 3.62. The van der Waals surface area contributed by atoms with Gasteiger partial charge in [0, 0.05) is 10.7 Å². The van der Waals surface area contributed by atoms with Crippen LogP contribution in [0, 0.1) is 0 Å². The molecule has 0 unspecified atom stereocenters. The molecule has 1 aromatic carbocycles. The first-order valence-corrected chi connectivity index (χ1v) is 9.69. The molecule has 3 nitrogen and oxygen atoms in total. The van der Waals surface area contributed by atoms with Gasteiger partial charge < -0.3 is 4.74 Å². The fourth-order valence-electron chi connectivity index (χ4n) is 2.56. The highest BCUT2D eigenvalue weighted by molar-refractivity contribution is 8.13. The summed E-state index contributed by atoms with van der Waals surface area (Å²) in [6.07, 6.45) is 7.03. The zero-order valence-corrected chi connectivity index (χ0v) is 13.2. The van der Waals surface area contributed by atoms with Crippen molar-refractivity contribution in [3.63, 3.8) is 0 Å². The van der Waals surface area contributed by atoms with Gasteiger partial charge in [-0.25, -0.2) is 8.42 Å². The van der Waals surface area contributed by atoms with Gasteiger partial charge in [0.2, 0.25) is 9.05 Å². The van der Waals surface area contributed by atoms with E-state index in [-0.39, 0.29) is 5.75 Å². The molecule has 0 atom stereocenters. The molecule has 0 fully saturated rings. The van der Waals surface area contributed by atoms with E-state index in [1.807, 2.05) is 6.07 Å². The van der Waals surface area contributed by atoms with Crippen LogP contribution >= 0.6 is 10.7 Å². The van der Waals surface area contributed by atoms with E-state index in [4.69, 9.17) is 15.4 Å². The summed E-state index contributed by atoms with van der Waals surface area (Å²) in [4.78, 5) is 0. The molecule has 0 aliphatic heterocycles. The van der Waals surface area contributed by atoms with Gasteiger partial charge in [0.1, 0.15) is 5.75 Å². The van der Waals surface area contributed by atoms with E-state index in [1.165, 1.54) is 30.4 Å². The highest BCUT2D eigenvalue weighted by Crippen LogP contribution is 2.26. The van der Waals surface area contributed by atoms with E-state index in [0.717, 1.165) is 25.0 Å². The van der Waals surface area contributed by atoms with E-state index >= 15 is 0 Å². The fraction of sp³-hybridized carbons (Fsp3) is 0.600. The summed E-state index contributed by atoms with van der Waals surface area (Å²) in [6, 6.07) is 6.37. The molecule has 0 aromatic heterocycles. The van der Waals surface area contributed by atoms with Crippen LogP contribution in [0.4, 0.5) is 0 Å². The second kappa shape index (κ2) is 7.32. The molecule has 5 heteroatoms. The Morgan fingerprint density at radius 1 is 1.05 bits per heavy atom. The summed E-state index contributed by atoms with van der Waals surface area (Å²) in [5.74, 6) is 1.02. The van der Waals surface area contributed by atoms with Gasteiger partial charge in [0.15, 0.2) is 0 Å². The van der Waals surface area contributed by atoms with Crippen molar-refractivity contribution in [1.29, 1.82) is 0 Å². The molecule has 0 bridgehead atoms. The molecule has 0 saturated heterocycles. The first-order valence-electron chi connectivity index (χ1n) is 7.21. The Morgan fingerprint density at radius 2 is 1.80 bits per heavy atom. The van der Waals surface area contributed by atoms with Gasteiger partial charge in [-0.2, -0.15) is 0 Å². The number of rotatable bonds is 8. The van der Waals surface area contributed by atoms with Crippen LogP contribution in [-0.4, -0.2) is 20.8 Å². The molecule has 1 aliphatic carbocycles. The number of fused-ring (bicyclic) bond motifs is 1. The Balaban J connectivity index is 1.59. The molecular weight excluding hydrogens is 296 g/mol. The molecular formula is C15H21ClO3S. The number of hydrogen-bond acceptors (Lipinski definition) is 3. The van der Waals surface area contributed by atoms with Crippen molar-refractivity contribution in [2.24, 2.45) is 0 Å². The van der Waals surface area contributed by atoms with Crippen LogP contribution in [0.5, 0.6) is 5.75 Å². The molecule has 1 aliphatic rings. The topological polar surface area (TPSA) is 43.4 Å². The maximum absolute atomic E-state index is 10.7. The highest BCUT2D eigenvalue weighted by atomic mass is 35.7. The molecule has 0 saturated carbocycles. The summed E-state index contributed by atoms with van der Waals surface area (Å²) >= 11 is 0. The summed E-state index contributed by atoms with van der Waals surface area (Å²) in [5.41, 5.74) is 2.88. The van der Waals surface area contributed by atoms with Crippen LogP contribution in [0.25, 0.3) is 0 Å². The standard InChI is InChI=1S/C15H21ClO3S/c16-20(17,18)11-4-2-1-3-10-19-15-9-8-13-6-5-7-14(13)12-15/h8-9,12H,1-7,10-11H2. The van der Waals surface area contributed by atoms with Crippen LogP contribution in [0.15, 0.2) is 18.2 Å². The quantitative estimate of drug-likeness (QED) is 0.543. The Morgan fingerprint density at radius 3 is 2.60 bits per heavy atom. The van der Waals surface area contributed by atoms with Crippen molar-refractivity contribution < 1.29 is 13.2 Å². The van der Waals surface area contributed by atoms with Gasteiger partial charge in [-0.3, -0.25) is 0 Å². The molecule has 112 valence electrons. The van der Waals surface area contributed by atoms with Crippen molar-refractivity contribution in [3.8, 4) is 5.75 Å². The second-order valence-corrected chi connectivity index (χ2v) is 8.19. The zero-order chi connectivity index (χ0) is 14.4. The Bertz CT molecular complexity index is 540. The van der Waals surface area contributed by atoms with E-state index in [9.17, 15) is 8.42 Å². The first-order chi connectivity index (χ1) is 9.54. The molecule has 0 heterocycles. The van der Waals surface area contributed by atoms with Crippen molar-refractivity contribution in [2.45, 2.75) is 44.9 Å². The van der Waals surface area contributed by atoms with Crippen molar-refractivity contribution in [3.05, 3.63) is 29.3 Å². The van der Waals surface area contributed by atoms with Gasteiger partial charge in [0.25, 0.3) is 0 Å². The molecule has 0 amide bonds. The van der Waals surface area contributed by atoms with Gasteiger partial charge in [-0.1, -0.05) is 18.9 Å². The smallest absolute Gasteiger partial charge is 0.232 e.